The van der Waals surface area contributed by atoms with Gasteiger partial charge >= 0.3 is 5.97 Å². The van der Waals surface area contributed by atoms with Crippen molar-refractivity contribution in [2.45, 2.75) is 13.8 Å². The van der Waals surface area contributed by atoms with Gasteiger partial charge in [0.15, 0.2) is 11.6 Å². The van der Waals surface area contributed by atoms with Crippen LogP contribution in [0.3, 0.4) is 0 Å². The van der Waals surface area contributed by atoms with E-state index >= 15 is 0 Å². The van der Waals surface area contributed by atoms with Crippen LogP contribution in [0.1, 0.15) is 22.8 Å². The molecule has 0 fully saturated rings. The van der Waals surface area contributed by atoms with Crippen molar-refractivity contribution in [3.8, 4) is 0 Å². The predicted octanol–water partition coefficient (Wildman–Crippen LogP) is 3.10. The van der Waals surface area contributed by atoms with Gasteiger partial charge in [-0.25, -0.2) is 13.6 Å². The summed E-state index contributed by atoms with van der Waals surface area (Å²) in [7, 11) is 0. The van der Waals surface area contributed by atoms with Crippen LogP contribution in [-0.4, -0.2) is 12.6 Å². The molecule has 1 aromatic rings. The first kappa shape index (κ1) is 11.9. The summed E-state index contributed by atoms with van der Waals surface area (Å²) in [5, 5.41) is -0.00282. The van der Waals surface area contributed by atoms with Gasteiger partial charge in [0.1, 0.15) is 0 Å². The van der Waals surface area contributed by atoms with Crippen molar-refractivity contribution >= 4 is 17.6 Å². The zero-order valence-corrected chi connectivity index (χ0v) is 8.99. The highest BCUT2D eigenvalue weighted by atomic mass is 35.5. The second-order valence-corrected chi connectivity index (χ2v) is 3.29. The Kier molecular flexibility index (Phi) is 3.63. The largest absolute Gasteiger partial charge is 0.462 e. The van der Waals surface area contributed by atoms with Crippen molar-refractivity contribution in [2.75, 3.05) is 6.61 Å². The Morgan fingerprint density at radius 3 is 2.60 bits per heavy atom. The minimum absolute atomic E-state index is 0.00282. The fourth-order valence-corrected chi connectivity index (χ4v) is 1.24. The molecule has 0 aliphatic heterocycles. The average Bonchev–Trinajstić information content (AvgIpc) is 2.20. The molecule has 0 bridgehead atoms. The molecule has 82 valence electrons. The summed E-state index contributed by atoms with van der Waals surface area (Å²) in [5.41, 5.74) is -0.507. The zero-order chi connectivity index (χ0) is 11.6. The molecule has 0 aliphatic carbocycles. The van der Waals surface area contributed by atoms with Gasteiger partial charge in [-0.2, -0.15) is 0 Å². The summed E-state index contributed by atoms with van der Waals surface area (Å²) in [6, 6.07) is 1.06. The van der Waals surface area contributed by atoms with E-state index in [2.05, 4.69) is 4.74 Å². The normalized spacial score (nSPS) is 10.2. The molecule has 0 radical (unpaired) electrons. The Labute approximate surface area is 90.8 Å². The highest BCUT2D eigenvalue weighted by Crippen LogP contribution is 2.24. The molecule has 0 saturated heterocycles. The van der Waals surface area contributed by atoms with E-state index in [0.717, 1.165) is 6.07 Å². The number of esters is 1. The monoisotopic (exact) mass is 234 g/mol. The molecule has 1 aromatic carbocycles. The molecule has 0 amide bonds. The summed E-state index contributed by atoms with van der Waals surface area (Å²) in [6.07, 6.45) is 0. The van der Waals surface area contributed by atoms with Crippen LogP contribution in [0.15, 0.2) is 6.07 Å². The van der Waals surface area contributed by atoms with Crippen molar-refractivity contribution in [1.29, 1.82) is 0 Å². The summed E-state index contributed by atoms with van der Waals surface area (Å²) in [4.78, 5) is 11.2. The Morgan fingerprint density at radius 1 is 1.47 bits per heavy atom. The minimum Gasteiger partial charge on any atom is -0.462 e. The first-order chi connectivity index (χ1) is 6.99. The van der Waals surface area contributed by atoms with Gasteiger partial charge in [-0.3, -0.25) is 0 Å². The quantitative estimate of drug-likeness (QED) is 0.581. The molecule has 5 heteroatoms. The van der Waals surface area contributed by atoms with Crippen LogP contribution >= 0.6 is 11.6 Å². The highest BCUT2D eigenvalue weighted by Gasteiger charge is 2.20. The molecule has 0 heterocycles. The number of hydrogen-bond donors (Lipinski definition) is 0. The first-order valence-corrected chi connectivity index (χ1v) is 4.68. The lowest BCUT2D eigenvalue weighted by molar-refractivity contribution is 0.0520. The molecule has 0 atom stereocenters. The Hall–Kier alpha value is -1.16. The van der Waals surface area contributed by atoms with E-state index in [4.69, 9.17) is 11.6 Å². The van der Waals surface area contributed by atoms with Crippen molar-refractivity contribution in [3.05, 3.63) is 33.9 Å². The molecule has 0 saturated carbocycles. The SMILES string of the molecule is CCOC(=O)c1cc(Cl)c(C)c(F)c1F. The molecule has 0 unspecified atom stereocenters. The van der Waals surface area contributed by atoms with Gasteiger partial charge < -0.3 is 4.74 Å². The van der Waals surface area contributed by atoms with Crippen molar-refractivity contribution in [3.63, 3.8) is 0 Å². The number of carbonyl (C=O) groups excluding carboxylic acids is 1. The maximum absolute atomic E-state index is 13.3. The van der Waals surface area contributed by atoms with Gasteiger partial charge in [0, 0.05) is 10.6 Å². The third kappa shape index (κ3) is 2.26. The third-order valence-corrected chi connectivity index (χ3v) is 2.28. The van der Waals surface area contributed by atoms with Gasteiger partial charge in [0.05, 0.1) is 12.2 Å². The smallest absolute Gasteiger partial charge is 0.341 e. The fraction of sp³-hybridized carbons (Fsp3) is 0.300. The fourth-order valence-electron chi connectivity index (χ4n) is 1.04. The molecule has 0 aliphatic rings. The van der Waals surface area contributed by atoms with Gasteiger partial charge in [0.25, 0.3) is 0 Å². The average molecular weight is 235 g/mol. The van der Waals surface area contributed by atoms with E-state index < -0.39 is 23.2 Å². The molecular weight excluding hydrogens is 226 g/mol. The van der Waals surface area contributed by atoms with Crippen LogP contribution < -0.4 is 0 Å². The lowest BCUT2D eigenvalue weighted by Crippen LogP contribution is -2.09. The number of benzene rings is 1. The molecule has 2 nitrogen and oxygen atoms in total. The molecule has 0 N–H and O–H groups in total. The Bertz CT molecular complexity index is 405. The number of hydrogen-bond acceptors (Lipinski definition) is 2. The van der Waals surface area contributed by atoms with Gasteiger partial charge in [0.2, 0.25) is 0 Å². The topological polar surface area (TPSA) is 26.3 Å². The second kappa shape index (κ2) is 4.57. The lowest BCUT2D eigenvalue weighted by atomic mass is 10.1. The summed E-state index contributed by atoms with van der Waals surface area (Å²) < 4.78 is 31.0. The van der Waals surface area contributed by atoms with Crippen molar-refractivity contribution in [1.82, 2.24) is 0 Å². The number of halogens is 3. The molecular formula is C10H9ClF2O2. The molecule has 1 rings (SSSR count). The van der Waals surface area contributed by atoms with Crippen LogP contribution in [-0.2, 0) is 4.74 Å². The molecule has 0 aromatic heterocycles. The lowest BCUT2D eigenvalue weighted by Gasteiger charge is -2.07. The number of rotatable bonds is 2. The van der Waals surface area contributed by atoms with Crippen LogP contribution in [0.25, 0.3) is 0 Å². The van der Waals surface area contributed by atoms with Crippen LogP contribution in [0.5, 0.6) is 0 Å². The zero-order valence-electron chi connectivity index (χ0n) is 8.23. The van der Waals surface area contributed by atoms with Crippen LogP contribution in [0, 0.1) is 18.6 Å². The first-order valence-electron chi connectivity index (χ1n) is 4.30. The van der Waals surface area contributed by atoms with Gasteiger partial charge in [-0.15, -0.1) is 0 Å². The van der Waals surface area contributed by atoms with E-state index in [0.29, 0.717) is 0 Å². The highest BCUT2D eigenvalue weighted by molar-refractivity contribution is 6.31. The molecule has 0 spiro atoms. The summed E-state index contributed by atoms with van der Waals surface area (Å²) in [6.45, 7) is 2.99. The third-order valence-electron chi connectivity index (χ3n) is 1.88. The minimum atomic E-state index is -1.23. The Balaban J connectivity index is 3.26. The second-order valence-electron chi connectivity index (χ2n) is 2.88. The van der Waals surface area contributed by atoms with Crippen molar-refractivity contribution in [2.24, 2.45) is 0 Å². The predicted molar refractivity (Wildman–Crippen MR) is 52.1 cm³/mol. The molecule has 15 heavy (non-hydrogen) atoms. The van der Waals surface area contributed by atoms with Crippen molar-refractivity contribution < 1.29 is 18.3 Å². The summed E-state index contributed by atoms with van der Waals surface area (Å²) >= 11 is 5.62. The maximum atomic E-state index is 13.3. The van der Waals surface area contributed by atoms with Gasteiger partial charge in [-0.1, -0.05) is 11.6 Å². The van der Waals surface area contributed by atoms with Crippen LogP contribution in [0.2, 0.25) is 5.02 Å². The number of ether oxygens (including phenoxy) is 1. The number of carbonyl (C=O) groups is 1. The van der Waals surface area contributed by atoms with E-state index in [-0.39, 0.29) is 17.2 Å². The van der Waals surface area contributed by atoms with Crippen LogP contribution in [0.4, 0.5) is 8.78 Å². The Morgan fingerprint density at radius 2 is 2.07 bits per heavy atom. The summed E-state index contributed by atoms with van der Waals surface area (Å²) in [5.74, 6) is -3.27. The van der Waals surface area contributed by atoms with E-state index in [1.165, 1.54) is 6.92 Å². The van der Waals surface area contributed by atoms with E-state index in [1.54, 1.807) is 6.92 Å². The standard InChI is InChI=1S/C10H9ClF2O2/c1-3-15-10(14)6-4-7(11)5(2)8(12)9(6)13/h4H,3H2,1-2H3. The van der Waals surface area contributed by atoms with E-state index in [1.807, 2.05) is 0 Å². The van der Waals surface area contributed by atoms with Gasteiger partial charge in [-0.05, 0) is 19.9 Å². The maximum Gasteiger partial charge on any atom is 0.341 e. The van der Waals surface area contributed by atoms with E-state index in [9.17, 15) is 13.6 Å².